The second-order valence-corrected chi connectivity index (χ2v) is 7.94. The van der Waals surface area contributed by atoms with Crippen LogP contribution in [0.5, 0.6) is 11.6 Å². The molecule has 37 heavy (non-hydrogen) atoms. The Balaban J connectivity index is 0.00000320. The predicted octanol–water partition coefficient (Wildman–Crippen LogP) is 2.42. The molecule has 4 aromatic rings. The Morgan fingerprint density at radius 2 is 2.03 bits per heavy atom. The first kappa shape index (κ1) is 25.4. The number of H-pyrrole nitrogens is 1. The number of hydrogen-bond acceptors (Lipinski definition) is 8. The number of fused-ring (bicyclic) bond motifs is 2. The van der Waals surface area contributed by atoms with E-state index in [1.807, 2.05) is 0 Å². The van der Waals surface area contributed by atoms with Gasteiger partial charge in [0.1, 0.15) is 42.2 Å². The summed E-state index contributed by atoms with van der Waals surface area (Å²) in [6, 6.07) is 5.78. The van der Waals surface area contributed by atoms with E-state index in [-0.39, 0.29) is 37.7 Å². The number of nitrogens with one attached hydrogen (secondary N) is 2. The van der Waals surface area contributed by atoms with Gasteiger partial charge in [-0.3, -0.25) is 14.7 Å². The van der Waals surface area contributed by atoms with Gasteiger partial charge < -0.3 is 19.7 Å². The minimum absolute atomic E-state index is 0. The van der Waals surface area contributed by atoms with Gasteiger partial charge in [-0.05, 0) is 18.2 Å². The Morgan fingerprint density at radius 1 is 1.27 bits per heavy atom. The molecule has 2 aromatic carbocycles. The van der Waals surface area contributed by atoms with Crippen LogP contribution in [0.25, 0.3) is 10.9 Å². The molecule has 11 nitrogen and oxygen atoms in total. The molecule has 3 heterocycles. The van der Waals surface area contributed by atoms with Crippen molar-refractivity contribution in [3.05, 3.63) is 65.5 Å². The lowest BCUT2D eigenvalue weighted by atomic mass is 10.1. The molecule has 0 unspecified atom stereocenters. The molecule has 1 aliphatic rings. The fourth-order valence-electron chi connectivity index (χ4n) is 3.86. The van der Waals surface area contributed by atoms with Gasteiger partial charge in [0.25, 0.3) is 11.8 Å². The second kappa shape index (κ2) is 10.1. The molecule has 2 N–H and O–H groups in total. The normalized spacial score (nSPS) is 14.9. The number of rotatable bonds is 5. The van der Waals surface area contributed by atoms with Gasteiger partial charge in [-0.2, -0.15) is 0 Å². The topological polar surface area (TPSA) is 135 Å². The summed E-state index contributed by atoms with van der Waals surface area (Å²) in [5, 5.41) is 9.45. The average Bonchev–Trinajstić information content (AvgIpc) is 3.32. The number of carbonyl (C=O) groups excluding carboxylic acids is 2. The number of anilines is 1. The summed E-state index contributed by atoms with van der Waals surface area (Å²) in [5.41, 5.74) is 0.800. The van der Waals surface area contributed by atoms with E-state index in [4.69, 9.17) is 9.47 Å². The molecule has 1 atom stereocenters. The number of aromatic nitrogens is 5. The lowest BCUT2D eigenvalue weighted by Crippen LogP contribution is -2.49. The van der Waals surface area contributed by atoms with E-state index in [1.54, 1.807) is 19.2 Å². The minimum Gasteiger partial charge on any atom is -0.489 e. The Kier molecular flexibility index (Phi) is 6.96. The number of halogens is 2. The smallest absolute Gasteiger partial charge is 0.291 e. The summed E-state index contributed by atoms with van der Waals surface area (Å²) in [5.74, 6) is -2.15. The van der Waals surface area contributed by atoms with Crippen LogP contribution >= 0.6 is 0 Å². The van der Waals surface area contributed by atoms with Crippen LogP contribution in [-0.4, -0.2) is 63.8 Å². The molecule has 5 rings (SSSR count). The molecule has 0 saturated heterocycles. The van der Waals surface area contributed by atoms with Crippen LogP contribution in [0.15, 0.2) is 36.7 Å². The molecule has 0 fully saturated rings. The fourth-order valence-corrected chi connectivity index (χ4v) is 3.86. The first-order chi connectivity index (χ1) is 17.4. The van der Waals surface area contributed by atoms with Crippen molar-refractivity contribution in [2.75, 3.05) is 25.7 Å². The zero-order valence-corrected chi connectivity index (χ0v) is 19.1. The third kappa shape index (κ3) is 4.75. The van der Waals surface area contributed by atoms with Crippen LogP contribution in [0.2, 0.25) is 0 Å². The number of hydrogen-bond donors (Lipinski definition) is 2. The van der Waals surface area contributed by atoms with Crippen molar-refractivity contribution in [3.8, 4) is 11.6 Å². The number of carbonyl (C=O) groups is 2. The van der Waals surface area contributed by atoms with Gasteiger partial charge in [0.05, 0.1) is 23.7 Å². The summed E-state index contributed by atoms with van der Waals surface area (Å²) in [6.45, 7) is -0.159. The van der Waals surface area contributed by atoms with Crippen LogP contribution in [0.3, 0.4) is 0 Å². The molecule has 192 valence electrons. The summed E-state index contributed by atoms with van der Waals surface area (Å²) >= 11 is 0. The third-order valence-corrected chi connectivity index (χ3v) is 5.71. The van der Waals surface area contributed by atoms with Crippen molar-refractivity contribution < 1.29 is 27.8 Å². The van der Waals surface area contributed by atoms with Crippen molar-refractivity contribution in [1.29, 1.82) is 0 Å². The van der Waals surface area contributed by atoms with Crippen LogP contribution in [0.1, 0.15) is 29.4 Å². The Bertz CT molecular complexity index is 1470. The van der Waals surface area contributed by atoms with Gasteiger partial charge in [-0.1, -0.05) is 13.5 Å². The number of benzene rings is 2. The van der Waals surface area contributed by atoms with Gasteiger partial charge in [-0.25, -0.2) is 23.7 Å². The second-order valence-electron chi connectivity index (χ2n) is 7.94. The Labute approximate surface area is 209 Å². The number of amides is 2. The lowest BCUT2D eigenvalue weighted by Gasteiger charge is -2.20. The van der Waals surface area contributed by atoms with Gasteiger partial charge >= 0.3 is 0 Å². The van der Waals surface area contributed by atoms with E-state index < -0.39 is 29.5 Å². The van der Waals surface area contributed by atoms with E-state index in [0.717, 1.165) is 12.1 Å². The number of likely N-dealkylation sites (N-methyl/N-ethyl adjacent to an activating group) is 1. The Hall–Kier alpha value is -4.68. The molecule has 2 amide bonds. The highest BCUT2D eigenvalue weighted by Crippen LogP contribution is 2.36. The first-order valence-electron chi connectivity index (χ1n) is 10.7. The fraction of sp³-hybridized carbons (Fsp3) is 0.250. The largest absolute Gasteiger partial charge is 0.489 e. The number of methoxy groups -OCH3 is 1. The average molecular weight is 511 g/mol. The summed E-state index contributed by atoms with van der Waals surface area (Å²) in [6.07, 6.45) is 1.12. The number of nitrogens with zero attached hydrogens (tertiary/aromatic N) is 5. The van der Waals surface area contributed by atoms with Crippen LogP contribution < -0.4 is 19.7 Å². The first-order valence-corrected chi connectivity index (χ1v) is 10.7. The van der Waals surface area contributed by atoms with E-state index in [9.17, 15) is 18.4 Å². The van der Waals surface area contributed by atoms with Crippen molar-refractivity contribution in [3.63, 3.8) is 0 Å². The zero-order chi connectivity index (χ0) is 25.4. The predicted molar refractivity (Wildman–Crippen MR) is 129 cm³/mol. The Morgan fingerprint density at radius 3 is 2.76 bits per heavy atom. The molecule has 0 spiro atoms. The maximum atomic E-state index is 13.9. The van der Waals surface area contributed by atoms with Crippen molar-refractivity contribution in [2.45, 2.75) is 19.9 Å². The monoisotopic (exact) mass is 511 g/mol. The van der Waals surface area contributed by atoms with Gasteiger partial charge in [0.2, 0.25) is 11.7 Å². The highest BCUT2D eigenvalue weighted by Gasteiger charge is 2.32. The van der Waals surface area contributed by atoms with E-state index >= 15 is 0 Å². The van der Waals surface area contributed by atoms with Gasteiger partial charge in [0.15, 0.2) is 0 Å². The molecule has 0 bridgehead atoms. The van der Waals surface area contributed by atoms with Crippen LogP contribution in [0, 0.1) is 11.6 Å². The summed E-state index contributed by atoms with van der Waals surface area (Å²) in [7, 11) is 3.02. The molecule has 0 saturated carbocycles. The van der Waals surface area contributed by atoms with Crippen LogP contribution in [0.4, 0.5) is 14.5 Å². The number of ether oxygens (including phenoxy) is 2. The molecule has 0 aliphatic carbocycles. The minimum atomic E-state index is -1.06. The maximum absolute atomic E-state index is 13.9. The van der Waals surface area contributed by atoms with Crippen molar-refractivity contribution >= 4 is 28.4 Å². The number of aromatic amines is 1. The third-order valence-electron chi connectivity index (χ3n) is 5.71. The zero-order valence-electron chi connectivity index (χ0n) is 19.1. The highest BCUT2D eigenvalue weighted by molar-refractivity contribution is 6.04. The molecule has 1 aliphatic heterocycles. The van der Waals surface area contributed by atoms with Gasteiger partial charge in [0, 0.05) is 25.1 Å². The molecular weight excluding hydrogens is 488 g/mol. The van der Waals surface area contributed by atoms with E-state index in [1.165, 1.54) is 24.4 Å². The van der Waals surface area contributed by atoms with Crippen LogP contribution in [-0.2, 0) is 11.2 Å². The molecule has 0 radical (unpaired) electrons. The summed E-state index contributed by atoms with van der Waals surface area (Å²) < 4.78 is 38.9. The van der Waals surface area contributed by atoms with Crippen molar-refractivity contribution in [1.82, 2.24) is 30.5 Å². The molecule has 13 heteroatoms. The van der Waals surface area contributed by atoms with E-state index in [2.05, 4.69) is 30.5 Å². The van der Waals surface area contributed by atoms with E-state index in [0.29, 0.717) is 28.2 Å². The molecule has 2 aromatic heterocycles. The standard InChI is InChI=1S/C23H19F2N7O4.CH4/c1-32-17-6-12-15(26-10-27-22(12)35-2)8-18(17)36-9-16(23(32)34)28-21(33)20-29-19(30-31-20)7-11-13(24)4-3-5-14(11)25;/h3-6,8,10,16H,7,9H2,1-2H3,(H,28,33)(H,29,30,31);1H4/t16-;/m0./s1. The summed E-state index contributed by atoms with van der Waals surface area (Å²) in [4.78, 5) is 39.5. The maximum Gasteiger partial charge on any atom is 0.291 e. The van der Waals surface area contributed by atoms with Crippen molar-refractivity contribution in [2.24, 2.45) is 0 Å². The highest BCUT2D eigenvalue weighted by atomic mass is 19.1. The lowest BCUT2D eigenvalue weighted by molar-refractivity contribution is -0.120. The quantitative estimate of drug-likeness (QED) is 0.417. The van der Waals surface area contributed by atoms with Gasteiger partial charge in [-0.15, -0.1) is 5.10 Å². The SMILES string of the molecule is C.COc1ncnc2cc3c(cc12)N(C)C(=O)[C@@H](NC(=O)c1n[nH]c(Cc2c(F)cccc2F)n1)CO3. The molecular formula is C24H23F2N7O4.